The third-order valence-electron chi connectivity index (χ3n) is 4.42. The van der Waals surface area contributed by atoms with Crippen LogP contribution >= 0.6 is 0 Å². The van der Waals surface area contributed by atoms with E-state index in [1.165, 1.54) is 0 Å². The Kier molecular flexibility index (Phi) is 12.5. The number of nitrogens with two attached hydrogens (primary N) is 1. The van der Waals surface area contributed by atoms with Crippen molar-refractivity contribution in [3.05, 3.63) is 0 Å². The van der Waals surface area contributed by atoms with Gasteiger partial charge in [-0.3, -0.25) is 9.59 Å². The third-order valence-corrected chi connectivity index (χ3v) is 4.42. The molecule has 0 aromatic heterocycles. The van der Waals surface area contributed by atoms with E-state index in [1.807, 2.05) is 20.8 Å². The number of rotatable bonds is 8. The van der Waals surface area contributed by atoms with Gasteiger partial charge in [0, 0.05) is 6.04 Å². The van der Waals surface area contributed by atoms with Crippen LogP contribution < -0.4 is 16.4 Å². The Morgan fingerprint density at radius 2 is 2.00 bits per heavy atom. The van der Waals surface area contributed by atoms with Crippen molar-refractivity contribution in [2.45, 2.75) is 77.3 Å². The molecule has 25 heavy (non-hydrogen) atoms. The Labute approximate surface area is 150 Å². The largest absolute Gasteiger partial charge is 0.480 e. The predicted molar refractivity (Wildman–Crippen MR) is 97.9 cm³/mol. The maximum absolute atomic E-state index is 11.9. The normalized spacial score (nSPS) is 22.2. The molecule has 0 bridgehead atoms. The molecule has 4 atom stereocenters. The zero-order chi connectivity index (χ0) is 19.4. The summed E-state index contributed by atoms with van der Waals surface area (Å²) in [5.74, 6) is -0.928. The summed E-state index contributed by atoms with van der Waals surface area (Å²) in [7, 11) is -1.10. The third kappa shape index (κ3) is 10.4. The molecule has 146 valence electrons. The topological polar surface area (TPSA) is 145 Å². The van der Waals surface area contributed by atoms with Crippen molar-refractivity contribution in [2.24, 2.45) is 11.7 Å². The molecule has 1 aliphatic heterocycles. The fourth-order valence-electron chi connectivity index (χ4n) is 2.43. The van der Waals surface area contributed by atoms with E-state index in [4.69, 9.17) is 20.9 Å². The molecule has 1 saturated heterocycles. The summed E-state index contributed by atoms with van der Waals surface area (Å²) in [5, 5.41) is 31.2. The molecule has 0 saturated carbocycles. The van der Waals surface area contributed by atoms with E-state index in [0.29, 0.717) is 19.3 Å². The van der Waals surface area contributed by atoms with Gasteiger partial charge in [-0.1, -0.05) is 40.0 Å². The number of unbranched alkanes of at least 4 members (excludes halogenated alkanes) is 1. The van der Waals surface area contributed by atoms with Crippen LogP contribution in [0.1, 0.15) is 52.9 Å². The number of aliphatic carboxylic acids is 1. The van der Waals surface area contributed by atoms with Crippen molar-refractivity contribution in [1.29, 1.82) is 0 Å². The van der Waals surface area contributed by atoms with E-state index in [0.717, 1.165) is 25.7 Å². The van der Waals surface area contributed by atoms with Crippen LogP contribution in [-0.4, -0.2) is 58.8 Å². The summed E-state index contributed by atoms with van der Waals surface area (Å²) in [6, 6.07) is -1.20. The Morgan fingerprint density at radius 1 is 1.36 bits per heavy atom. The van der Waals surface area contributed by atoms with Crippen molar-refractivity contribution >= 4 is 19.0 Å². The van der Waals surface area contributed by atoms with Gasteiger partial charge in [-0.2, -0.15) is 0 Å². The van der Waals surface area contributed by atoms with Gasteiger partial charge in [0.15, 0.2) is 0 Å². The van der Waals surface area contributed by atoms with Crippen LogP contribution in [0, 0.1) is 5.92 Å². The van der Waals surface area contributed by atoms with Gasteiger partial charge < -0.3 is 31.5 Å². The number of carboxylic acid groups (broad SMARTS) is 1. The summed E-state index contributed by atoms with van der Waals surface area (Å²) >= 11 is 0. The number of amides is 1. The first kappa shape index (κ1) is 23.8. The van der Waals surface area contributed by atoms with E-state index >= 15 is 0 Å². The lowest BCUT2D eigenvalue weighted by Crippen LogP contribution is -2.54. The van der Waals surface area contributed by atoms with E-state index in [2.05, 4.69) is 10.6 Å². The van der Waals surface area contributed by atoms with Crippen LogP contribution in [0.25, 0.3) is 0 Å². The predicted octanol–water partition coefficient (Wildman–Crippen LogP) is -0.0595. The highest BCUT2D eigenvalue weighted by atomic mass is 16.4. The van der Waals surface area contributed by atoms with Gasteiger partial charge in [-0.05, 0) is 31.6 Å². The highest BCUT2D eigenvalue weighted by Crippen LogP contribution is 2.11. The van der Waals surface area contributed by atoms with Gasteiger partial charge in [-0.25, -0.2) is 0 Å². The zero-order valence-corrected chi connectivity index (χ0v) is 15.6. The Morgan fingerprint density at radius 3 is 2.44 bits per heavy atom. The first-order chi connectivity index (χ1) is 11.7. The Hall–Kier alpha value is -1.16. The molecule has 4 unspecified atom stereocenters. The standard InChI is InChI=1S/C12H23N3O3.C4H11BO2/c1-3-7(2)10(13)11(16)15-8-4-5-14-9(6-8)12(17)18;1-2-3-4-5(6)7/h7-10,14H,3-6,13H2,1-2H3,(H,15,16)(H,17,18);6-7H,2-4H2,1H3. The average Bonchev–Trinajstić information content (AvgIpc) is 2.59. The van der Waals surface area contributed by atoms with Crippen LogP contribution in [0.15, 0.2) is 0 Å². The number of hydrogen-bond acceptors (Lipinski definition) is 6. The lowest BCUT2D eigenvalue weighted by Gasteiger charge is -2.30. The monoisotopic (exact) mass is 359 g/mol. The van der Waals surface area contributed by atoms with Gasteiger partial charge in [0.05, 0.1) is 6.04 Å². The lowest BCUT2D eigenvalue weighted by atomic mass is 9.84. The van der Waals surface area contributed by atoms with Gasteiger partial charge in [-0.15, -0.1) is 0 Å². The minimum atomic E-state index is -1.10. The minimum absolute atomic E-state index is 0.102. The van der Waals surface area contributed by atoms with Gasteiger partial charge in [0.1, 0.15) is 6.04 Å². The summed E-state index contributed by atoms with van der Waals surface area (Å²) in [4.78, 5) is 22.8. The van der Waals surface area contributed by atoms with E-state index in [1.54, 1.807) is 0 Å². The Balaban J connectivity index is 0.000000697. The molecular weight excluding hydrogens is 325 g/mol. The van der Waals surface area contributed by atoms with E-state index in [-0.39, 0.29) is 17.9 Å². The van der Waals surface area contributed by atoms with Crippen molar-refractivity contribution in [2.75, 3.05) is 6.54 Å². The van der Waals surface area contributed by atoms with Crippen LogP contribution in [0.4, 0.5) is 0 Å². The molecule has 1 rings (SSSR count). The quantitative estimate of drug-likeness (QED) is 0.333. The maximum atomic E-state index is 11.9. The molecule has 1 fully saturated rings. The molecule has 7 N–H and O–H groups in total. The van der Waals surface area contributed by atoms with Crippen molar-refractivity contribution in [3.8, 4) is 0 Å². The van der Waals surface area contributed by atoms with Crippen LogP contribution in [-0.2, 0) is 9.59 Å². The summed E-state index contributed by atoms with van der Waals surface area (Å²) in [6.45, 7) is 6.54. The average molecular weight is 359 g/mol. The number of carbonyl (C=O) groups is 2. The van der Waals surface area contributed by atoms with Crippen LogP contribution in [0.3, 0.4) is 0 Å². The molecule has 8 nitrogen and oxygen atoms in total. The van der Waals surface area contributed by atoms with Gasteiger partial charge >= 0.3 is 13.1 Å². The number of hydrogen-bond donors (Lipinski definition) is 6. The molecule has 1 aliphatic rings. The van der Waals surface area contributed by atoms with Crippen LogP contribution in [0.5, 0.6) is 0 Å². The number of nitrogens with one attached hydrogen (secondary N) is 2. The lowest BCUT2D eigenvalue weighted by molar-refractivity contribution is -0.140. The summed E-state index contributed by atoms with van der Waals surface area (Å²) < 4.78 is 0. The van der Waals surface area contributed by atoms with Crippen molar-refractivity contribution in [1.82, 2.24) is 10.6 Å². The van der Waals surface area contributed by atoms with E-state index < -0.39 is 25.2 Å². The summed E-state index contributed by atoms with van der Waals surface area (Å²) in [5.41, 5.74) is 5.84. The van der Waals surface area contributed by atoms with E-state index in [9.17, 15) is 9.59 Å². The number of carboxylic acids is 1. The molecule has 0 spiro atoms. The van der Waals surface area contributed by atoms with Gasteiger partial charge in [0.2, 0.25) is 5.91 Å². The fraction of sp³-hybridized carbons (Fsp3) is 0.875. The SMILES string of the molecule is CCC(C)C(N)C(=O)NC1CCNC(C(=O)O)C1.CCCCB(O)O. The van der Waals surface area contributed by atoms with Crippen molar-refractivity contribution < 1.29 is 24.7 Å². The fourth-order valence-corrected chi connectivity index (χ4v) is 2.43. The number of piperidine rings is 1. The van der Waals surface area contributed by atoms with Crippen LogP contribution in [0.2, 0.25) is 6.32 Å². The molecule has 1 amide bonds. The molecule has 1 heterocycles. The van der Waals surface area contributed by atoms with Crippen molar-refractivity contribution in [3.63, 3.8) is 0 Å². The maximum Gasteiger partial charge on any atom is 0.451 e. The molecule has 0 aromatic carbocycles. The first-order valence-corrected chi connectivity index (χ1v) is 9.11. The molecule has 0 radical (unpaired) electrons. The highest BCUT2D eigenvalue weighted by molar-refractivity contribution is 6.40. The second kappa shape index (κ2) is 13.1. The molecule has 0 aliphatic carbocycles. The van der Waals surface area contributed by atoms with Gasteiger partial charge in [0.25, 0.3) is 0 Å². The minimum Gasteiger partial charge on any atom is -0.480 e. The summed E-state index contributed by atoms with van der Waals surface area (Å²) in [6.07, 6.45) is 4.43. The molecule has 0 aromatic rings. The highest BCUT2D eigenvalue weighted by Gasteiger charge is 2.29. The molecular formula is C16H34BN3O5. The second-order valence-corrected chi connectivity index (χ2v) is 6.61. The molecule has 9 heteroatoms. The second-order valence-electron chi connectivity index (χ2n) is 6.61. The smallest absolute Gasteiger partial charge is 0.451 e. The Bertz CT molecular complexity index is 398. The zero-order valence-electron chi connectivity index (χ0n) is 15.6. The first-order valence-electron chi connectivity index (χ1n) is 9.11. The number of carbonyl (C=O) groups excluding carboxylic acids is 1.